The molecule has 1 aromatic heterocycles. The normalized spacial score (nSPS) is 16.6. The summed E-state index contributed by atoms with van der Waals surface area (Å²) in [7, 11) is 6.26. The minimum absolute atomic E-state index is 0.112. The van der Waals surface area contributed by atoms with Crippen LogP contribution in [0.3, 0.4) is 0 Å². The van der Waals surface area contributed by atoms with Crippen molar-refractivity contribution < 1.29 is 0 Å². The van der Waals surface area contributed by atoms with Gasteiger partial charge in [-0.05, 0) is 40.4 Å². The zero-order chi connectivity index (χ0) is 14.5. The predicted octanol–water partition coefficient (Wildman–Crippen LogP) is 1.46. The highest BCUT2D eigenvalue weighted by Crippen LogP contribution is 2.23. The molecule has 0 amide bonds. The van der Waals surface area contributed by atoms with Gasteiger partial charge in [-0.15, -0.1) is 0 Å². The second-order valence-corrected chi connectivity index (χ2v) is 5.62. The van der Waals surface area contributed by atoms with Crippen molar-refractivity contribution in [2.24, 2.45) is 7.05 Å². The fourth-order valence-electron chi connectivity index (χ4n) is 2.39. The van der Waals surface area contributed by atoms with Crippen LogP contribution in [0.4, 0.5) is 0 Å². The maximum Gasteiger partial charge on any atom is 0.138 e. The molecular formula is C14H29N5. The molecule has 0 spiro atoms. The molecule has 5 nitrogen and oxygen atoms in total. The lowest BCUT2D eigenvalue weighted by molar-refractivity contribution is 0.111. The predicted molar refractivity (Wildman–Crippen MR) is 79.2 cm³/mol. The van der Waals surface area contributed by atoms with Crippen LogP contribution in [0, 0.1) is 0 Å². The summed E-state index contributed by atoms with van der Waals surface area (Å²) in [5, 5.41) is 7.85. The van der Waals surface area contributed by atoms with Crippen molar-refractivity contribution in [1.29, 1.82) is 0 Å². The maximum absolute atomic E-state index is 4.36. The Morgan fingerprint density at radius 2 is 2.11 bits per heavy atom. The summed E-state index contributed by atoms with van der Waals surface area (Å²) < 4.78 is 1.87. The van der Waals surface area contributed by atoms with Crippen LogP contribution in [0.1, 0.15) is 39.4 Å². The lowest BCUT2D eigenvalue weighted by Gasteiger charge is -2.43. The van der Waals surface area contributed by atoms with E-state index in [0.29, 0.717) is 6.04 Å². The lowest BCUT2D eigenvalue weighted by atomic mass is 9.85. The Hall–Kier alpha value is -0.940. The molecule has 0 saturated carbocycles. The smallest absolute Gasteiger partial charge is 0.138 e. The molecule has 1 heterocycles. The highest BCUT2D eigenvalue weighted by Gasteiger charge is 2.35. The second-order valence-electron chi connectivity index (χ2n) is 5.62. The molecule has 2 unspecified atom stereocenters. The summed E-state index contributed by atoms with van der Waals surface area (Å²) in [6.07, 6.45) is 4.77. The highest BCUT2D eigenvalue weighted by atomic mass is 15.3. The molecule has 19 heavy (non-hydrogen) atoms. The van der Waals surface area contributed by atoms with Gasteiger partial charge in [-0.1, -0.05) is 13.8 Å². The molecule has 1 aromatic rings. The number of nitrogens with one attached hydrogen (secondary N) is 1. The van der Waals surface area contributed by atoms with Crippen molar-refractivity contribution in [3.05, 3.63) is 12.2 Å². The average molecular weight is 267 g/mol. The van der Waals surface area contributed by atoms with E-state index in [9.17, 15) is 0 Å². The first-order valence-corrected chi connectivity index (χ1v) is 7.19. The molecule has 2 atom stereocenters. The molecule has 0 aliphatic carbocycles. The third-order valence-electron chi connectivity index (χ3n) is 4.32. The third kappa shape index (κ3) is 3.76. The largest absolute Gasteiger partial charge is 0.312 e. The Labute approximate surface area is 117 Å². The zero-order valence-electron chi connectivity index (χ0n) is 13.3. The van der Waals surface area contributed by atoms with Crippen molar-refractivity contribution in [2.45, 2.75) is 51.6 Å². The summed E-state index contributed by atoms with van der Waals surface area (Å²) in [4.78, 5) is 6.68. The number of aromatic nitrogens is 3. The molecule has 0 fully saturated rings. The van der Waals surface area contributed by atoms with E-state index in [1.807, 2.05) is 11.7 Å². The Balaban J connectivity index is 2.90. The molecule has 5 heteroatoms. The van der Waals surface area contributed by atoms with Crippen molar-refractivity contribution >= 4 is 0 Å². The van der Waals surface area contributed by atoms with Crippen molar-refractivity contribution in [2.75, 3.05) is 20.6 Å². The quantitative estimate of drug-likeness (QED) is 0.774. The molecule has 110 valence electrons. The number of nitrogens with zero attached hydrogens (tertiary/aromatic N) is 4. The van der Waals surface area contributed by atoms with E-state index in [4.69, 9.17) is 0 Å². The fourth-order valence-corrected chi connectivity index (χ4v) is 2.39. The van der Waals surface area contributed by atoms with Gasteiger partial charge in [0.25, 0.3) is 0 Å². The first-order chi connectivity index (χ1) is 8.95. The summed E-state index contributed by atoms with van der Waals surface area (Å²) in [5.41, 5.74) is 0.112. The van der Waals surface area contributed by atoms with E-state index < -0.39 is 0 Å². The van der Waals surface area contributed by atoms with E-state index in [1.165, 1.54) is 0 Å². The van der Waals surface area contributed by atoms with Crippen LogP contribution in [0.2, 0.25) is 0 Å². The van der Waals surface area contributed by atoms with Crippen LogP contribution in [0.5, 0.6) is 0 Å². The van der Waals surface area contributed by atoms with Crippen LogP contribution in [0.15, 0.2) is 6.33 Å². The Bertz CT molecular complexity index is 374. The van der Waals surface area contributed by atoms with Gasteiger partial charge in [0.2, 0.25) is 0 Å². The summed E-state index contributed by atoms with van der Waals surface area (Å²) in [5.74, 6) is 1.04. The number of hydrogen-bond acceptors (Lipinski definition) is 4. The van der Waals surface area contributed by atoms with Crippen molar-refractivity contribution in [3.63, 3.8) is 0 Å². The van der Waals surface area contributed by atoms with Gasteiger partial charge < -0.3 is 10.2 Å². The van der Waals surface area contributed by atoms with Crippen molar-refractivity contribution in [1.82, 2.24) is 25.0 Å². The van der Waals surface area contributed by atoms with E-state index in [-0.39, 0.29) is 5.54 Å². The monoisotopic (exact) mass is 267 g/mol. The molecule has 0 aliphatic rings. The van der Waals surface area contributed by atoms with Gasteiger partial charge >= 0.3 is 0 Å². The van der Waals surface area contributed by atoms with Gasteiger partial charge in [0.1, 0.15) is 12.2 Å². The van der Waals surface area contributed by atoms with Gasteiger partial charge in [0, 0.05) is 25.0 Å². The summed E-state index contributed by atoms with van der Waals surface area (Å²) in [6, 6.07) is 0.371. The standard InChI is InChI=1S/C14H29N5/c1-7-9-15-12(14(3,8-2)18(4)5)10-13-16-11-17-19(13)6/h11-12,15H,7-10H2,1-6H3. The van der Waals surface area contributed by atoms with Crippen LogP contribution >= 0.6 is 0 Å². The molecule has 0 saturated heterocycles. The molecule has 0 aromatic carbocycles. The van der Waals surface area contributed by atoms with Crippen LogP contribution < -0.4 is 5.32 Å². The van der Waals surface area contributed by atoms with E-state index in [0.717, 1.165) is 31.6 Å². The first kappa shape index (κ1) is 16.1. The number of hydrogen-bond donors (Lipinski definition) is 1. The SMILES string of the molecule is CCCNC(Cc1ncnn1C)C(C)(CC)N(C)C. The van der Waals surface area contributed by atoms with Gasteiger partial charge in [0.05, 0.1) is 0 Å². The Morgan fingerprint density at radius 3 is 2.53 bits per heavy atom. The van der Waals surface area contributed by atoms with Crippen molar-refractivity contribution in [3.8, 4) is 0 Å². The fraction of sp³-hybridized carbons (Fsp3) is 0.857. The average Bonchev–Trinajstić information content (AvgIpc) is 2.78. The van der Waals surface area contributed by atoms with Gasteiger partial charge in [-0.3, -0.25) is 4.68 Å². The molecular weight excluding hydrogens is 238 g/mol. The lowest BCUT2D eigenvalue weighted by Crippen LogP contribution is -2.58. The molecule has 0 radical (unpaired) electrons. The maximum atomic E-state index is 4.36. The first-order valence-electron chi connectivity index (χ1n) is 7.19. The van der Waals surface area contributed by atoms with Gasteiger partial charge in [-0.2, -0.15) is 5.10 Å². The molecule has 0 bridgehead atoms. The van der Waals surface area contributed by atoms with Gasteiger partial charge in [0.15, 0.2) is 0 Å². The highest BCUT2D eigenvalue weighted by molar-refractivity contribution is 5.00. The minimum Gasteiger partial charge on any atom is -0.312 e. The molecule has 0 aliphatic heterocycles. The molecule has 1 N–H and O–H groups in total. The second kappa shape index (κ2) is 7.01. The number of rotatable bonds is 8. The summed E-state index contributed by atoms with van der Waals surface area (Å²) in [6.45, 7) is 7.80. The van der Waals surface area contributed by atoms with Crippen LogP contribution in [-0.4, -0.2) is 51.9 Å². The number of likely N-dealkylation sites (N-methyl/N-ethyl adjacent to an activating group) is 1. The van der Waals surface area contributed by atoms with Gasteiger partial charge in [-0.25, -0.2) is 4.98 Å². The van der Waals surface area contributed by atoms with E-state index >= 15 is 0 Å². The zero-order valence-corrected chi connectivity index (χ0v) is 13.3. The molecule has 1 rings (SSSR count). The van der Waals surface area contributed by atoms with E-state index in [1.54, 1.807) is 6.33 Å². The topological polar surface area (TPSA) is 46.0 Å². The number of aryl methyl sites for hydroxylation is 1. The summed E-state index contributed by atoms with van der Waals surface area (Å²) >= 11 is 0. The minimum atomic E-state index is 0.112. The van der Waals surface area contributed by atoms with E-state index in [2.05, 4.69) is 55.2 Å². The van der Waals surface area contributed by atoms with Crippen LogP contribution in [0.25, 0.3) is 0 Å². The third-order valence-corrected chi connectivity index (χ3v) is 4.32. The Morgan fingerprint density at radius 1 is 1.42 bits per heavy atom. The Kier molecular flexibility index (Phi) is 5.94. The van der Waals surface area contributed by atoms with Crippen LogP contribution in [-0.2, 0) is 13.5 Å².